The van der Waals surface area contributed by atoms with Crippen LogP contribution in [0, 0.1) is 0 Å². The van der Waals surface area contributed by atoms with Crippen molar-refractivity contribution in [3.8, 4) is 5.75 Å². The number of carbonyl (C=O) groups excluding carboxylic acids is 3. The largest absolute Gasteiger partial charge is 0.484 e. The van der Waals surface area contributed by atoms with Crippen LogP contribution in [0.3, 0.4) is 0 Å². The number of halogens is 3. The minimum atomic E-state index is -4.51. The Kier molecular flexibility index (Phi) is 10.0. The summed E-state index contributed by atoms with van der Waals surface area (Å²) in [4.78, 5) is 35.1. The first kappa shape index (κ1) is 26.3. The molecule has 0 heterocycles. The third kappa shape index (κ3) is 9.28. The Morgan fingerprint density at radius 3 is 2.47 bits per heavy atom. The summed E-state index contributed by atoms with van der Waals surface area (Å²) < 4.78 is 48.4. The summed E-state index contributed by atoms with van der Waals surface area (Å²) in [5.41, 5.74) is 1.79. The van der Waals surface area contributed by atoms with Crippen LogP contribution in [0.1, 0.15) is 17.5 Å². The van der Waals surface area contributed by atoms with E-state index >= 15 is 0 Å². The fourth-order valence-electron chi connectivity index (χ4n) is 2.48. The number of methoxy groups -OCH3 is 1. The fourth-order valence-corrected chi connectivity index (χ4v) is 2.48. The number of amides is 3. The minimum Gasteiger partial charge on any atom is -0.484 e. The van der Waals surface area contributed by atoms with Crippen LogP contribution in [0.15, 0.2) is 53.6 Å². The van der Waals surface area contributed by atoms with Gasteiger partial charge in [0.15, 0.2) is 6.61 Å². The molecule has 12 heteroatoms. The zero-order valence-electron chi connectivity index (χ0n) is 18.1. The fraction of sp³-hybridized carbons (Fsp3) is 0.273. The van der Waals surface area contributed by atoms with Crippen LogP contribution < -0.4 is 20.8 Å². The van der Waals surface area contributed by atoms with Gasteiger partial charge in [0, 0.05) is 25.9 Å². The molecule has 182 valence electrons. The van der Waals surface area contributed by atoms with Gasteiger partial charge in [0.05, 0.1) is 11.8 Å². The number of ether oxygens (including phenoxy) is 2. The highest BCUT2D eigenvalue weighted by Gasteiger charge is 2.30. The molecule has 0 fully saturated rings. The van der Waals surface area contributed by atoms with Gasteiger partial charge in [-0.25, -0.2) is 5.43 Å². The highest BCUT2D eigenvalue weighted by atomic mass is 19.4. The predicted molar refractivity (Wildman–Crippen MR) is 117 cm³/mol. The summed E-state index contributed by atoms with van der Waals surface area (Å²) >= 11 is 0. The van der Waals surface area contributed by atoms with E-state index in [1.165, 1.54) is 37.6 Å². The number of alkyl halides is 3. The second-order valence-corrected chi connectivity index (χ2v) is 6.79. The van der Waals surface area contributed by atoms with E-state index in [4.69, 9.17) is 9.47 Å². The Labute approximate surface area is 193 Å². The molecule has 0 atom stereocenters. The zero-order valence-corrected chi connectivity index (χ0v) is 18.1. The van der Waals surface area contributed by atoms with E-state index in [0.717, 1.165) is 12.1 Å². The molecule has 0 saturated carbocycles. The molecule has 0 aliphatic rings. The van der Waals surface area contributed by atoms with Crippen LogP contribution in [0.4, 0.5) is 18.9 Å². The van der Waals surface area contributed by atoms with Crippen molar-refractivity contribution in [3.05, 3.63) is 59.7 Å². The van der Waals surface area contributed by atoms with Gasteiger partial charge < -0.3 is 20.1 Å². The van der Waals surface area contributed by atoms with Crippen LogP contribution in [0.2, 0.25) is 0 Å². The normalized spacial score (nSPS) is 11.2. The maximum atomic E-state index is 12.7. The van der Waals surface area contributed by atoms with Gasteiger partial charge in [0.2, 0.25) is 0 Å². The SMILES string of the molecule is COCCCNC(=O)C(=O)N/N=C\c1ccc(OCC(=O)Nc2cccc(C(F)(F)F)c2)cc1. The third-order valence-corrected chi connectivity index (χ3v) is 4.12. The first-order valence-corrected chi connectivity index (χ1v) is 9.99. The quantitative estimate of drug-likeness (QED) is 0.209. The average molecular weight is 480 g/mol. The van der Waals surface area contributed by atoms with Gasteiger partial charge in [0.1, 0.15) is 5.75 Å². The van der Waals surface area contributed by atoms with Gasteiger partial charge in [-0.1, -0.05) is 6.07 Å². The molecule has 0 radical (unpaired) electrons. The standard InChI is InChI=1S/C22H23F3N4O5/c1-33-11-3-10-26-20(31)21(32)29-27-13-15-6-8-18(9-7-15)34-14-19(30)28-17-5-2-4-16(12-17)22(23,24)25/h2,4-9,12-13H,3,10-11,14H2,1H3,(H,26,31)(H,28,30)(H,29,32)/b27-13-. The predicted octanol–water partition coefficient (Wildman–Crippen LogP) is 2.33. The summed E-state index contributed by atoms with van der Waals surface area (Å²) in [7, 11) is 1.53. The summed E-state index contributed by atoms with van der Waals surface area (Å²) in [6, 6.07) is 10.5. The topological polar surface area (TPSA) is 118 Å². The summed E-state index contributed by atoms with van der Waals surface area (Å²) in [6.45, 7) is 0.336. The zero-order chi connectivity index (χ0) is 25.0. The molecule has 3 amide bonds. The minimum absolute atomic E-state index is 0.000638. The summed E-state index contributed by atoms with van der Waals surface area (Å²) in [6.07, 6.45) is -2.64. The number of anilines is 1. The van der Waals surface area contributed by atoms with Crippen LogP contribution in [0.25, 0.3) is 0 Å². The van der Waals surface area contributed by atoms with E-state index < -0.39 is 36.1 Å². The van der Waals surface area contributed by atoms with Gasteiger partial charge in [-0.05, 0) is 54.4 Å². The Morgan fingerprint density at radius 2 is 1.79 bits per heavy atom. The Morgan fingerprint density at radius 1 is 1.06 bits per heavy atom. The highest BCUT2D eigenvalue weighted by Crippen LogP contribution is 2.30. The van der Waals surface area contributed by atoms with Crippen molar-refractivity contribution < 1.29 is 37.0 Å². The third-order valence-electron chi connectivity index (χ3n) is 4.12. The van der Waals surface area contributed by atoms with Crippen LogP contribution in [0.5, 0.6) is 5.75 Å². The monoisotopic (exact) mass is 480 g/mol. The molecule has 2 aromatic rings. The molecule has 9 nitrogen and oxygen atoms in total. The maximum Gasteiger partial charge on any atom is 0.416 e. The molecule has 0 aromatic heterocycles. The van der Waals surface area contributed by atoms with Gasteiger partial charge >= 0.3 is 18.0 Å². The van der Waals surface area contributed by atoms with Crippen LogP contribution in [-0.4, -0.2) is 50.8 Å². The van der Waals surface area contributed by atoms with E-state index in [-0.39, 0.29) is 5.69 Å². The molecule has 0 saturated heterocycles. The van der Waals surface area contributed by atoms with E-state index in [2.05, 4.69) is 21.2 Å². The van der Waals surface area contributed by atoms with Crippen molar-refractivity contribution in [1.29, 1.82) is 0 Å². The molecule has 2 aromatic carbocycles. The average Bonchev–Trinajstić information content (AvgIpc) is 2.80. The van der Waals surface area contributed by atoms with E-state index in [9.17, 15) is 27.6 Å². The van der Waals surface area contributed by atoms with Crippen molar-refractivity contribution in [2.45, 2.75) is 12.6 Å². The number of hydrogen-bond acceptors (Lipinski definition) is 6. The Balaban J connectivity index is 1.76. The van der Waals surface area contributed by atoms with E-state index in [1.807, 2.05) is 0 Å². The maximum absolute atomic E-state index is 12.7. The van der Waals surface area contributed by atoms with Gasteiger partial charge in [0.25, 0.3) is 5.91 Å². The molecule has 0 aliphatic carbocycles. The second kappa shape index (κ2) is 12.9. The van der Waals surface area contributed by atoms with Gasteiger partial charge in [-0.2, -0.15) is 18.3 Å². The number of carbonyl (C=O) groups is 3. The number of hydrogen-bond donors (Lipinski definition) is 3. The molecule has 34 heavy (non-hydrogen) atoms. The van der Waals surface area contributed by atoms with Crippen LogP contribution in [-0.2, 0) is 25.3 Å². The lowest BCUT2D eigenvalue weighted by atomic mass is 10.2. The van der Waals surface area contributed by atoms with Crippen molar-refractivity contribution in [3.63, 3.8) is 0 Å². The Bertz CT molecular complexity index is 1010. The molecule has 3 N–H and O–H groups in total. The second-order valence-electron chi connectivity index (χ2n) is 6.79. The molecular weight excluding hydrogens is 457 g/mol. The first-order valence-electron chi connectivity index (χ1n) is 9.99. The lowest BCUT2D eigenvalue weighted by Gasteiger charge is -2.10. The van der Waals surface area contributed by atoms with Gasteiger partial charge in [-0.15, -0.1) is 0 Å². The molecule has 0 aliphatic heterocycles. The number of nitrogens with one attached hydrogen (secondary N) is 3. The van der Waals surface area contributed by atoms with E-state index in [1.54, 1.807) is 12.1 Å². The number of benzene rings is 2. The lowest BCUT2D eigenvalue weighted by molar-refractivity contribution is -0.139. The van der Waals surface area contributed by atoms with E-state index in [0.29, 0.717) is 30.9 Å². The number of hydrazone groups is 1. The van der Waals surface area contributed by atoms with Crippen molar-refractivity contribution in [1.82, 2.24) is 10.7 Å². The summed E-state index contributed by atoms with van der Waals surface area (Å²) in [5, 5.41) is 8.44. The van der Waals surface area contributed by atoms with Gasteiger partial charge in [-0.3, -0.25) is 14.4 Å². The molecule has 0 bridgehead atoms. The number of rotatable bonds is 10. The van der Waals surface area contributed by atoms with Crippen molar-refractivity contribution >= 4 is 29.6 Å². The summed E-state index contributed by atoms with van der Waals surface area (Å²) in [5.74, 6) is -2.04. The van der Waals surface area contributed by atoms with Crippen LogP contribution >= 0.6 is 0 Å². The molecular formula is C22H23F3N4O5. The molecule has 0 unspecified atom stereocenters. The highest BCUT2D eigenvalue weighted by molar-refractivity contribution is 6.35. The molecule has 0 spiro atoms. The smallest absolute Gasteiger partial charge is 0.416 e. The molecule has 2 rings (SSSR count). The van der Waals surface area contributed by atoms with Crippen molar-refractivity contribution in [2.24, 2.45) is 5.10 Å². The lowest BCUT2D eigenvalue weighted by Crippen LogP contribution is -2.38. The van der Waals surface area contributed by atoms with Crippen molar-refractivity contribution in [2.75, 3.05) is 32.2 Å². The Hall–Kier alpha value is -3.93. The first-order chi connectivity index (χ1) is 16.2. The number of nitrogens with zero attached hydrogens (tertiary/aromatic N) is 1.